The van der Waals surface area contributed by atoms with E-state index in [1.807, 2.05) is 0 Å². The fourth-order valence-corrected chi connectivity index (χ4v) is 1.66. The van der Waals surface area contributed by atoms with Gasteiger partial charge in [0.2, 0.25) is 0 Å². The van der Waals surface area contributed by atoms with Crippen molar-refractivity contribution in [2.45, 2.75) is 6.54 Å². The van der Waals surface area contributed by atoms with Crippen LogP contribution in [0.4, 0.5) is 15.9 Å². The SMILES string of the molecule is COC(=O)c1ccc(N)c(NCc2cccc(F)c2)n1. The van der Waals surface area contributed by atoms with Gasteiger partial charge < -0.3 is 15.8 Å². The Kier molecular flexibility index (Phi) is 4.14. The van der Waals surface area contributed by atoms with Crippen molar-refractivity contribution in [3.8, 4) is 0 Å². The van der Waals surface area contributed by atoms with E-state index in [2.05, 4.69) is 15.0 Å². The molecule has 2 aromatic rings. The summed E-state index contributed by atoms with van der Waals surface area (Å²) in [6, 6.07) is 9.22. The van der Waals surface area contributed by atoms with Gasteiger partial charge in [0.1, 0.15) is 11.6 Å². The number of hydrogen-bond donors (Lipinski definition) is 2. The summed E-state index contributed by atoms with van der Waals surface area (Å²) in [5.74, 6) is -0.496. The normalized spacial score (nSPS) is 10.1. The van der Waals surface area contributed by atoms with Crippen LogP contribution in [0.3, 0.4) is 0 Å². The lowest BCUT2D eigenvalue weighted by Crippen LogP contribution is -2.10. The standard InChI is InChI=1S/C14H14FN3O2/c1-20-14(19)12-6-5-11(16)13(18-12)17-8-9-3-2-4-10(15)7-9/h2-7H,8,16H2,1H3,(H,17,18). The minimum atomic E-state index is -0.543. The van der Waals surface area contributed by atoms with Crippen LogP contribution in [0.2, 0.25) is 0 Å². The quantitative estimate of drug-likeness (QED) is 0.836. The first-order chi connectivity index (χ1) is 9.60. The molecule has 0 unspecified atom stereocenters. The lowest BCUT2D eigenvalue weighted by molar-refractivity contribution is 0.0594. The molecule has 0 amide bonds. The van der Waals surface area contributed by atoms with Crippen LogP contribution < -0.4 is 11.1 Å². The average Bonchev–Trinajstić information content (AvgIpc) is 2.45. The van der Waals surface area contributed by atoms with Crippen LogP contribution in [0.5, 0.6) is 0 Å². The molecule has 0 fully saturated rings. The Morgan fingerprint density at radius 2 is 2.20 bits per heavy atom. The van der Waals surface area contributed by atoms with Crippen LogP contribution in [0, 0.1) is 5.82 Å². The van der Waals surface area contributed by atoms with Crippen molar-refractivity contribution in [1.82, 2.24) is 4.98 Å². The molecule has 0 bridgehead atoms. The number of esters is 1. The lowest BCUT2D eigenvalue weighted by atomic mass is 10.2. The van der Waals surface area contributed by atoms with Gasteiger partial charge in [-0.25, -0.2) is 14.2 Å². The molecule has 5 nitrogen and oxygen atoms in total. The number of benzene rings is 1. The fourth-order valence-electron chi connectivity index (χ4n) is 1.66. The Balaban J connectivity index is 2.14. The van der Waals surface area contributed by atoms with Crippen LogP contribution in [0.1, 0.15) is 16.1 Å². The van der Waals surface area contributed by atoms with Gasteiger partial charge in [-0.05, 0) is 29.8 Å². The number of halogens is 1. The molecular weight excluding hydrogens is 261 g/mol. The molecule has 2 rings (SSSR count). The van der Waals surface area contributed by atoms with Crippen LogP contribution >= 0.6 is 0 Å². The van der Waals surface area contributed by atoms with E-state index in [-0.39, 0.29) is 11.5 Å². The number of carbonyl (C=O) groups is 1. The van der Waals surface area contributed by atoms with Crippen molar-refractivity contribution < 1.29 is 13.9 Å². The van der Waals surface area contributed by atoms with Crippen LogP contribution in [0.15, 0.2) is 36.4 Å². The molecule has 0 spiro atoms. The predicted molar refractivity (Wildman–Crippen MR) is 73.7 cm³/mol. The Hall–Kier alpha value is -2.63. The van der Waals surface area contributed by atoms with E-state index < -0.39 is 5.97 Å². The summed E-state index contributed by atoms with van der Waals surface area (Å²) in [6.45, 7) is 0.347. The highest BCUT2D eigenvalue weighted by Crippen LogP contribution is 2.17. The number of aromatic nitrogens is 1. The van der Waals surface area contributed by atoms with Gasteiger partial charge in [-0.3, -0.25) is 0 Å². The van der Waals surface area contributed by atoms with Gasteiger partial charge in [-0.1, -0.05) is 12.1 Å². The zero-order valence-corrected chi connectivity index (χ0v) is 10.9. The molecule has 0 aliphatic carbocycles. The number of nitrogens with one attached hydrogen (secondary N) is 1. The number of pyridine rings is 1. The first kappa shape index (κ1) is 13.8. The van der Waals surface area contributed by atoms with Crippen molar-refractivity contribution in [3.05, 3.63) is 53.5 Å². The van der Waals surface area contributed by atoms with Crippen LogP contribution in [-0.2, 0) is 11.3 Å². The maximum atomic E-state index is 13.1. The second kappa shape index (κ2) is 6.01. The topological polar surface area (TPSA) is 77.2 Å². The Labute approximate surface area is 115 Å². The third kappa shape index (κ3) is 3.23. The number of ether oxygens (including phenoxy) is 1. The van der Waals surface area contributed by atoms with E-state index >= 15 is 0 Å². The zero-order chi connectivity index (χ0) is 14.5. The van der Waals surface area contributed by atoms with Gasteiger partial charge >= 0.3 is 5.97 Å². The Bertz CT molecular complexity index is 632. The number of nitrogens with two attached hydrogens (primary N) is 1. The van der Waals surface area contributed by atoms with Crippen LogP contribution in [0.25, 0.3) is 0 Å². The minimum Gasteiger partial charge on any atom is -0.464 e. The third-order valence-electron chi connectivity index (χ3n) is 2.67. The summed E-state index contributed by atoms with van der Waals surface area (Å²) in [4.78, 5) is 15.5. The molecule has 20 heavy (non-hydrogen) atoms. The fraction of sp³-hybridized carbons (Fsp3) is 0.143. The second-order valence-corrected chi connectivity index (χ2v) is 4.11. The molecule has 3 N–H and O–H groups in total. The van der Waals surface area contributed by atoms with Gasteiger partial charge in [0.05, 0.1) is 12.8 Å². The van der Waals surface area contributed by atoms with E-state index in [4.69, 9.17) is 5.73 Å². The molecule has 1 aromatic carbocycles. The van der Waals surface area contributed by atoms with Gasteiger partial charge in [-0.15, -0.1) is 0 Å². The van der Waals surface area contributed by atoms with Gasteiger partial charge in [-0.2, -0.15) is 0 Å². The molecule has 0 saturated heterocycles. The van der Waals surface area contributed by atoms with Crippen LogP contribution in [-0.4, -0.2) is 18.1 Å². The van der Waals surface area contributed by atoms with Crippen molar-refractivity contribution in [3.63, 3.8) is 0 Å². The number of hydrogen-bond acceptors (Lipinski definition) is 5. The molecule has 0 aliphatic heterocycles. The van der Waals surface area contributed by atoms with E-state index in [9.17, 15) is 9.18 Å². The van der Waals surface area contributed by atoms with Crippen molar-refractivity contribution in [1.29, 1.82) is 0 Å². The highest BCUT2D eigenvalue weighted by atomic mass is 19.1. The first-order valence-corrected chi connectivity index (χ1v) is 5.93. The molecule has 6 heteroatoms. The second-order valence-electron chi connectivity index (χ2n) is 4.11. The van der Waals surface area contributed by atoms with Gasteiger partial charge in [0.15, 0.2) is 5.69 Å². The maximum Gasteiger partial charge on any atom is 0.356 e. The summed E-state index contributed by atoms with van der Waals surface area (Å²) in [5, 5.41) is 2.97. The molecule has 1 aromatic heterocycles. The summed E-state index contributed by atoms with van der Waals surface area (Å²) >= 11 is 0. The number of methoxy groups -OCH3 is 1. The molecule has 1 heterocycles. The molecular formula is C14H14FN3O2. The minimum absolute atomic E-state index is 0.156. The largest absolute Gasteiger partial charge is 0.464 e. The lowest BCUT2D eigenvalue weighted by Gasteiger charge is -2.09. The highest BCUT2D eigenvalue weighted by molar-refractivity contribution is 5.88. The highest BCUT2D eigenvalue weighted by Gasteiger charge is 2.10. The van der Waals surface area contributed by atoms with Crippen molar-refractivity contribution in [2.75, 3.05) is 18.2 Å². The number of carbonyl (C=O) groups excluding carboxylic acids is 1. The molecule has 0 atom stereocenters. The molecule has 0 saturated carbocycles. The number of nitrogen functional groups attached to an aromatic ring is 1. The number of nitrogens with zero attached hydrogens (tertiary/aromatic N) is 1. The van der Waals surface area contributed by atoms with E-state index in [1.54, 1.807) is 18.2 Å². The van der Waals surface area contributed by atoms with Gasteiger partial charge in [0, 0.05) is 6.54 Å². The monoisotopic (exact) mass is 275 g/mol. The molecule has 104 valence electrons. The summed E-state index contributed by atoms with van der Waals surface area (Å²) < 4.78 is 17.6. The Morgan fingerprint density at radius 3 is 2.90 bits per heavy atom. The van der Waals surface area contributed by atoms with E-state index in [0.717, 1.165) is 5.56 Å². The molecule has 0 radical (unpaired) electrons. The number of rotatable bonds is 4. The predicted octanol–water partition coefficient (Wildman–Crippen LogP) is 2.20. The third-order valence-corrected chi connectivity index (χ3v) is 2.67. The molecule has 0 aliphatic rings. The Morgan fingerprint density at radius 1 is 1.40 bits per heavy atom. The summed E-state index contributed by atoms with van der Waals surface area (Å²) in [7, 11) is 1.28. The number of anilines is 2. The van der Waals surface area contributed by atoms with Crippen molar-refractivity contribution >= 4 is 17.5 Å². The first-order valence-electron chi connectivity index (χ1n) is 5.93. The van der Waals surface area contributed by atoms with E-state index in [1.165, 1.54) is 25.3 Å². The van der Waals surface area contributed by atoms with Gasteiger partial charge in [0.25, 0.3) is 0 Å². The zero-order valence-electron chi connectivity index (χ0n) is 10.9. The maximum absolute atomic E-state index is 13.1. The van der Waals surface area contributed by atoms with E-state index in [0.29, 0.717) is 18.1 Å². The average molecular weight is 275 g/mol. The van der Waals surface area contributed by atoms with Crippen molar-refractivity contribution in [2.24, 2.45) is 0 Å². The summed E-state index contributed by atoms with van der Waals surface area (Å²) in [6.07, 6.45) is 0. The smallest absolute Gasteiger partial charge is 0.356 e. The summed E-state index contributed by atoms with van der Waals surface area (Å²) in [5.41, 5.74) is 7.07.